The first-order valence-electron chi connectivity index (χ1n) is 7.94. The largest absolute Gasteiger partial charge is 0.351 e. The van der Waals surface area contributed by atoms with Crippen molar-refractivity contribution in [3.63, 3.8) is 0 Å². The molecule has 1 N–H and O–H groups in total. The highest BCUT2D eigenvalue weighted by atomic mass is 16.5. The van der Waals surface area contributed by atoms with Crippen molar-refractivity contribution in [3.05, 3.63) is 53.7 Å². The van der Waals surface area contributed by atoms with E-state index in [0.717, 1.165) is 18.4 Å². The predicted molar refractivity (Wildman–Crippen MR) is 86.1 cm³/mol. The SMILES string of the molecule is Cc1cc(C(=O)N2CCC[C@@H]2c2nc(-c3ccccc3)n[nH]2)on1. The van der Waals surface area contributed by atoms with Gasteiger partial charge in [-0.25, -0.2) is 4.98 Å². The van der Waals surface area contributed by atoms with Gasteiger partial charge in [-0.3, -0.25) is 9.89 Å². The molecule has 0 saturated carbocycles. The van der Waals surface area contributed by atoms with Crippen LogP contribution in [0.3, 0.4) is 0 Å². The molecule has 0 unspecified atom stereocenters. The molecule has 122 valence electrons. The fourth-order valence-electron chi connectivity index (χ4n) is 3.04. The topological polar surface area (TPSA) is 87.9 Å². The average Bonchev–Trinajstić information content (AvgIpc) is 3.34. The van der Waals surface area contributed by atoms with Gasteiger partial charge in [0.05, 0.1) is 11.7 Å². The van der Waals surface area contributed by atoms with Crippen molar-refractivity contribution in [2.24, 2.45) is 0 Å². The predicted octanol–water partition coefficient (Wildman–Crippen LogP) is 2.75. The summed E-state index contributed by atoms with van der Waals surface area (Å²) in [5.41, 5.74) is 1.64. The van der Waals surface area contributed by atoms with Gasteiger partial charge in [0.25, 0.3) is 5.91 Å². The number of hydrogen-bond donors (Lipinski definition) is 1. The monoisotopic (exact) mass is 323 g/mol. The van der Waals surface area contributed by atoms with E-state index in [1.165, 1.54) is 0 Å². The van der Waals surface area contributed by atoms with Crippen LogP contribution in [0.5, 0.6) is 0 Å². The molecular weight excluding hydrogens is 306 g/mol. The zero-order chi connectivity index (χ0) is 16.5. The third kappa shape index (κ3) is 2.58. The van der Waals surface area contributed by atoms with E-state index in [2.05, 4.69) is 20.3 Å². The molecule has 2 aromatic heterocycles. The van der Waals surface area contributed by atoms with Crippen LogP contribution in [0.25, 0.3) is 11.4 Å². The molecule has 1 amide bonds. The fraction of sp³-hybridized carbons (Fsp3) is 0.294. The minimum absolute atomic E-state index is 0.118. The average molecular weight is 323 g/mol. The Balaban J connectivity index is 1.59. The Bertz CT molecular complexity index is 855. The number of carbonyl (C=O) groups is 1. The summed E-state index contributed by atoms with van der Waals surface area (Å²) in [5.74, 6) is 1.45. The van der Waals surface area contributed by atoms with Crippen LogP contribution in [-0.4, -0.2) is 37.7 Å². The lowest BCUT2D eigenvalue weighted by Crippen LogP contribution is -2.30. The van der Waals surface area contributed by atoms with E-state index in [9.17, 15) is 4.79 Å². The summed E-state index contributed by atoms with van der Waals surface area (Å²) in [6.45, 7) is 2.47. The van der Waals surface area contributed by atoms with E-state index < -0.39 is 0 Å². The number of nitrogens with one attached hydrogen (secondary N) is 1. The summed E-state index contributed by atoms with van der Waals surface area (Å²) in [4.78, 5) is 19.0. The lowest BCUT2D eigenvalue weighted by atomic mass is 10.2. The standard InChI is InChI=1S/C17H17N5O2/c1-11-10-14(24-21-11)17(23)22-9-5-8-13(22)16-18-15(19-20-16)12-6-3-2-4-7-12/h2-4,6-7,10,13H,5,8-9H2,1H3,(H,18,19,20)/t13-/m1/s1. The zero-order valence-corrected chi connectivity index (χ0v) is 13.3. The van der Waals surface area contributed by atoms with Gasteiger partial charge in [-0.2, -0.15) is 5.10 Å². The number of likely N-dealkylation sites (tertiary alicyclic amines) is 1. The number of benzene rings is 1. The van der Waals surface area contributed by atoms with Crippen molar-refractivity contribution in [1.82, 2.24) is 25.2 Å². The minimum Gasteiger partial charge on any atom is -0.351 e. The minimum atomic E-state index is -0.157. The lowest BCUT2D eigenvalue weighted by molar-refractivity contribution is 0.0687. The first-order chi connectivity index (χ1) is 11.7. The summed E-state index contributed by atoms with van der Waals surface area (Å²) >= 11 is 0. The van der Waals surface area contributed by atoms with Crippen molar-refractivity contribution in [3.8, 4) is 11.4 Å². The maximum Gasteiger partial charge on any atom is 0.293 e. The van der Waals surface area contributed by atoms with Crippen LogP contribution in [-0.2, 0) is 0 Å². The van der Waals surface area contributed by atoms with Crippen LogP contribution in [0.2, 0.25) is 0 Å². The van der Waals surface area contributed by atoms with Crippen LogP contribution in [0.15, 0.2) is 40.9 Å². The number of rotatable bonds is 3. The maximum atomic E-state index is 12.7. The molecule has 1 aliphatic heterocycles. The van der Waals surface area contributed by atoms with E-state index in [4.69, 9.17) is 4.52 Å². The summed E-state index contributed by atoms with van der Waals surface area (Å²) < 4.78 is 5.11. The molecule has 7 nitrogen and oxygen atoms in total. The molecule has 3 heterocycles. The first kappa shape index (κ1) is 14.6. The van der Waals surface area contributed by atoms with Gasteiger partial charge in [-0.1, -0.05) is 35.5 Å². The van der Waals surface area contributed by atoms with Crippen LogP contribution >= 0.6 is 0 Å². The Hall–Kier alpha value is -2.96. The molecule has 24 heavy (non-hydrogen) atoms. The van der Waals surface area contributed by atoms with Crippen molar-refractivity contribution in [2.45, 2.75) is 25.8 Å². The normalized spacial score (nSPS) is 17.4. The highest BCUT2D eigenvalue weighted by Gasteiger charge is 2.34. The first-order valence-corrected chi connectivity index (χ1v) is 7.94. The second kappa shape index (κ2) is 5.92. The summed E-state index contributed by atoms with van der Waals surface area (Å²) in [6.07, 6.45) is 1.77. The maximum absolute atomic E-state index is 12.7. The lowest BCUT2D eigenvalue weighted by Gasteiger charge is -2.21. The molecule has 4 rings (SSSR count). The summed E-state index contributed by atoms with van der Waals surface area (Å²) in [5, 5.41) is 11.1. The Morgan fingerprint density at radius 2 is 2.17 bits per heavy atom. The third-order valence-electron chi connectivity index (χ3n) is 4.20. The Labute approximate surface area is 138 Å². The van der Waals surface area contributed by atoms with E-state index in [-0.39, 0.29) is 17.7 Å². The molecule has 0 spiro atoms. The highest BCUT2D eigenvalue weighted by molar-refractivity contribution is 5.91. The molecule has 1 aliphatic rings. The third-order valence-corrected chi connectivity index (χ3v) is 4.20. The summed E-state index contributed by atoms with van der Waals surface area (Å²) in [7, 11) is 0. The molecule has 1 fully saturated rings. The van der Waals surface area contributed by atoms with Crippen molar-refractivity contribution >= 4 is 5.91 Å². The van der Waals surface area contributed by atoms with Gasteiger partial charge >= 0.3 is 0 Å². The molecule has 0 bridgehead atoms. The number of hydrogen-bond acceptors (Lipinski definition) is 5. The molecule has 0 radical (unpaired) electrons. The number of H-pyrrole nitrogens is 1. The van der Waals surface area contributed by atoms with Crippen LogP contribution in [0, 0.1) is 6.92 Å². The van der Waals surface area contributed by atoms with Gasteiger partial charge in [0.15, 0.2) is 5.82 Å². The number of aromatic nitrogens is 4. The van der Waals surface area contributed by atoms with E-state index in [1.54, 1.807) is 17.9 Å². The number of carbonyl (C=O) groups excluding carboxylic acids is 1. The van der Waals surface area contributed by atoms with Gasteiger partial charge < -0.3 is 9.42 Å². The second-order valence-corrected chi connectivity index (χ2v) is 5.90. The molecular formula is C17H17N5O2. The van der Waals surface area contributed by atoms with E-state index >= 15 is 0 Å². The number of nitrogens with zero attached hydrogens (tertiary/aromatic N) is 4. The number of aromatic amines is 1. The van der Waals surface area contributed by atoms with Crippen molar-refractivity contribution in [2.75, 3.05) is 6.54 Å². The Morgan fingerprint density at radius 1 is 1.33 bits per heavy atom. The molecule has 3 aromatic rings. The van der Waals surface area contributed by atoms with Gasteiger partial charge in [0.2, 0.25) is 5.76 Å². The molecule has 0 aliphatic carbocycles. The van der Waals surface area contributed by atoms with Gasteiger partial charge in [-0.05, 0) is 19.8 Å². The van der Waals surface area contributed by atoms with E-state index in [0.29, 0.717) is 23.9 Å². The Kier molecular flexibility index (Phi) is 3.60. The highest BCUT2D eigenvalue weighted by Crippen LogP contribution is 2.32. The summed E-state index contributed by atoms with van der Waals surface area (Å²) in [6, 6.07) is 11.3. The molecule has 1 atom stereocenters. The van der Waals surface area contributed by atoms with Crippen LogP contribution < -0.4 is 0 Å². The number of amides is 1. The zero-order valence-electron chi connectivity index (χ0n) is 13.3. The van der Waals surface area contributed by atoms with Crippen molar-refractivity contribution < 1.29 is 9.32 Å². The smallest absolute Gasteiger partial charge is 0.293 e. The fourth-order valence-corrected chi connectivity index (χ4v) is 3.04. The second-order valence-electron chi connectivity index (χ2n) is 5.90. The Morgan fingerprint density at radius 3 is 2.92 bits per heavy atom. The quantitative estimate of drug-likeness (QED) is 0.800. The van der Waals surface area contributed by atoms with Gasteiger partial charge in [0, 0.05) is 18.2 Å². The van der Waals surface area contributed by atoms with Crippen LogP contribution in [0.4, 0.5) is 0 Å². The van der Waals surface area contributed by atoms with Crippen LogP contribution in [0.1, 0.15) is 41.0 Å². The molecule has 1 aromatic carbocycles. The molecule has 7 heteroatoms. The van der Waals surface area contributed by atoms with Gasteiger partial charge in [0.1, 0.15) is 5.82 Å². The van der Waals surface area contributed by atoms with E-state index in [1.807, 2.05) is 30.3 Å². The number of aryl methyl sites for hydroxylation is 1. The van der Waals surface area contributed by atoms with Gasteiger partial charge in [-0.15, -0.1) is 0 Å². The van der Waals surface area contributed by atoms with Crippen molar-refractivity contribution in [1.29, 1.82) is 0 Å². The molecule has 1 saturated heterocycles.